The molecule has 176 valence electrons. The third-order valence-corrected chi connectivity index (χ3v) is 7.78. The van der Waals surface area contributed by atoms with Crippen molar-refractivity contribution in [3.8, 4) is 11.5 Å². The highest BCUT2D eigenvalue weighted by Crippen LogP contribution is 2.33. The molecule has 2 heterocycles. The number of nitro groups is 1. The zero-order valence-electron chi connectivity index (χ0n) is 18.2. The van der Waals surface area contributed by atoms with Gasteiger partial charge < -0.3 is 14.4 Å². The molecule has 0 bridgehead atoms. The average Bonchev–Trinajstić information content (AvgIpc) is 3.37. The maximum absolute atomic E-state index is 12.9. The first-order valence-corrected chi connectivity index (χ1v) is 12.1. The number of sulfonamides is 1. The lowest BCUT2D eigenvalue weighted by Crippen LogP contribution is -2.38. The second-order valence-electron chi connectivity index (χ2n) is 7.93. The fraction of sp³-hybridized carbons (Fsp3) is 0.409. The van der Waals surface area contributed by atoms with Crippen LogP contribution in [0.5, 0.6) is 11.5 Å². The van der Waals surface area contributed by atoms with Gasteiger partial charge in [0.25, 0.3) is 11.6 Å². The van der Waals surface area contributed by atoms with Crippen LogP contribution in [0.1, 0.15) is 24.8 Å². The van der Waals surface area contributed by atoms with E-state index in [0.717, 1.165) is 18.4 Å². The van der Waals surface area contributed by atoms with Crippen LogP contribution in [0.25, 0.3) is 0 Å². The lowest BCUT2D eigenvalue weighted by molar-refractivity contribution is -0.385. The molecule has 0 spiro atoms. The number of aryl methyl sites for hydroxylation is 1. The first kappa shape index (κ1) is 23.0. The molecule has 1 fully saturated rings. The summed E-state index contributed by atoms with van der Waals surface area (Å²) in [7, 11) is -2.13. The van der Waals surface area contributed by atoms with E-state index in [2.05, 4.69) is 0 Å². The zero-order valence-corrected chi connectivity index (χ0v) is 19.0. The molecule has 0 aliphatic carbocycles. The Morgan fingerprint density at radius 2 is 1.82 bits per heavy atom. The second-order valence-corrected chi connectivity index (χ2v) is 9.87. The molecule has 1 amide bonds. The largest absolute Gasteiger partial charge is 0.493 e. The van der Waals surface area contributed by atoms with Gasteiger partial charge in [-0.2, -0.15) is 4.31 Å². The third kappa shape index (κ3) is 4.64. The summed E-state index contributed by atoms with van der Waals surface area (Å²) in [4.78, 5) is 25.2. The maximum Gasteiger partial charge on any atom is 0.273 e. The van der Waals surface area contributed by atoms with Crippen molar-refractivity contribution in [3.05, 3.63) is 52.1 Å². The van der Waals surface area contributed by atoms with Crippen LogP contribution in [-0.2, 0) is 21.2 Å². The van der Waals surface area contributed by atoms with Gasteiger partial charge in [0.15, 0.2) is 18.1 Å². The summed E-state index contributed by atoms with van der Waals surface area (Å²) in [5.41, 5.74) is 1.28. The molecule has 0 radical (unpaired) electrons. The molecule has 2 aliphatic rings. The van der Waals surface area contributed by atoms with Crippen LogP contribution in [0.2, 0.25) is 0 Å². The number of benzene rings is 2. The lowest BCUT2D eigenvalue weighted by Gasteiger charge is -2.30. The van der Waals surface area contributed by atoms with Crippen molar-refractivity contribution in [1.29, 1.82) is 0 Å². The van der Waals surface area contributed by atoms with E-state index in [1.807, 2.05) is 0 Å². The fourth-order valence-corrected chi connectivity index (χ4v) is 5.75. The van der Waals surface area contributed by atoms with Crippen LogP contribution in [0.3, 0.4) is 0 Å². The molecule has 11 heteroatoms. The number of non-ortho nitro benzene ring substituents is 1. The standard InChI is InChI=1S/C22H25N3O7S/c1-31-20-9-6-17(25(27)28)14-21(20)32-15-22(26)24-12-4-5-16-13-18(7-8-19(16)24)33(29,30)23-10-2-3-11-23/h6-9,13-14H,2-5,10-12,15H2,1H3. The number of carbonyl (C=O) groups excluding carboxylic acids is 1. The van der Waals surface area contributed by atoms with Gasteiger partial charge in [0.2, 0.25) is 10.0 Å². The predicted octanol–water partition coefficient (Wildman–Crippen LogP) is 2.75. The highest BCUT2D eigenvalue weighted by molar-refractivity contribution is 7.89. The Bertz CT molecular complexity index is 1180. The highest BCUT2D eigenvalue weighted by atomic mass is 32.2. The Morgan fingerprint density at radius 1 is 1.06 bits per heavy atom. The first-order valence-electron chi connectivity index (χ1n) is 10.7. The molecule has 0 aromatic heterocycles. The van der Waals surface area contributed by atoms with Crippen molar-refractivity contribution in [2.45, 2.75) is 30.6 Å². The van der Waals surface area contributed by atoms with E-state index in [1.165, 1.54) is 29.6 Å². The second kappa shape index (κ2) is 9.36. The molecule has 0 saturated carbocycles. The molecule has 2 aromatic rings. The Balaban J connectivity index is 1.52. The SMILES string of the molecule is COc1ccc([N+](=O)[O-])cc1OCC(=O)N1CCCc2cc(S(=O)(=O)N3CCCC3)ccc21. The van der Waals surface area contributed by atoms with Gasteiger partial charge in [-0.05, 0) is 55.5 Å². The summed E-state index contributed by atoms with van der Waals surface area (Å²) in [6, 6.07) is 8.79. The van der Waals surface area contributed by atoms with E-state index in [9.17, 15) is 23.3 Å². The summed E-state index contributed by atoms with van der Waals surface area (Å²) in [6.45, 7) is 1.19. The Morgan fingerprint density at radius 3 is 2.52 bits per heavy atom. The van der Waals surface area contributed by atoms with E-state index in [1.54, 1.807) is 23.1 Å². The van der Waals surface area contributed by atoms with Gasteiger partial charge in [-0.15, -0.1) is 0 Å². The maximum atomic E-state index is 12.9. The molecule has 33 heavy (non-hydrogen) atoms. The molecule has 4 rings (SSSR count). The summed E-state index contributed by atoms with van der Waals surface area (Å²) >= 11 is 0. The van der Waals surface area contributed by atoms with Gasteiger partial charge in [-0.1, -0.05) is 0 Å². The number of rotatable bonds is 7. The van der Waals surface area contributed by atoms with Gasteiger partial charge in [-0.3, -0.25) is 14.9 Å². The zero-order chi connectivity index (χ0) is 23.6. The Kier molecular flexibility index (Phi) is 6.52. The van der Waals surface area contributed by atoms with Gasteiger partial charge in [0.05, 0.1) is 23.0 Å². The molecule has 1 saturated heterocycles. The quantitative estimate of drug-likeness (QED) is 0.446. The van der Waals surface area contributed by atoms with Crippen molar-refractivity contribution < 1.29 is 27.6 Å². The van der Waals surface area contributed by atoms with Crippen molar-refractivity contribution in [3.63, 3.8) is 0 Å². The monoisotopic (exact) mass is 475 g/mol. The van der Waals surface area contributed by atoms with Gasteiger partial charge in [0.1, 0.15) is 0 Å². The molecule has 0 unspecified atom stereocenters. The molecule has 0 atom stereocenters. The number of ether oxygens (including phenoxy) is 2. The summed E-state index contributed by atoms with van der Waals surface area (Å²) < 4.78 is 38.0. The Hall–Kier alpha value is -3.18. The number of hydrogen-bond acceptors (Lipinski definition) is 7. The lowest BCUT2D eigenvalue weighted by atomic mass is 10.0. The molecule has 0 N–H and O–H groups in total. The van der Waals surface area contributed by atoms with Crippen LogP contribution < -0.4 is 14.4 Å². The van der Waals surface area contributed by atoms with E-state index in [-0.39, 0.29) is 34.6 Å². The van der Waals surface area contributed by atoms with Crippen LogP contribution in [-0.4, -0.2) is 56.9 Å². The summed E-state index contributed by atoms with van der Waals surface area (Å²) in [5.74, 6) is 0.0493. The number of nitro benzene ring substituents is 1. The summed E-state index contributed by atoms with van der Waals surface area (Å²) in [6.07, 6.45) is 3.08. The number of fused-ring (bicyclic) bond motifs is 1. The molecular weight excluding hydrogens is 450 g/mol. The highest BCUT2D eigenvalue weighted by Gasteiger charge is 2.30. The minimum Gasteiger partial charge on any atom is -0.493 e. The number of methoxy groups -OCH3 is 1. The number of nitrogens with zero attached hydrogens (tertiary/aromatic N) is 3. The van der Waals surface area contributed by atoms with Crippen molar-refractivity contribution in [2.24, 2.45) is 0 Å². The normalized spacial score (nSPS) is 16.3. The molecule has 10 nitrogen and oxygen atoms in total. The van der Waals surface area contributed by atoms with Crippen LogP contribution in [0, 0.1) is 10.1 Å². The van der Waals surface area contributed by atoms with Gasteiger partial charge >= 0.3 is 0 Å². The predicted molar refractivity (Wildman–Crippen MR) is 120 cm³/mol. The van der Waals surface area contributed by atoms with Crippen molar-refractivity contribution in [2.75, 3.05) is 38.3 Å². The smallest absolute Gasteiger partial charge is 0.273 e. The van der Waals surface area contributed by atoms with Gasteiger partial charge in [0, 0.05) is 31.4 Å². The van der Waals surface area contributed by atoms with Crippen LogP contribution in [0.15, 0.2) is 41.3 Å². The Labute approximate surface area is 191 Å². The van der Waals surface area contributed by atoms with Crippen molar-refractivity contribution >= 4 is 27.3 Å². The van der Waals surface area contributed by atoms with Crippen LogP contribution in [0.4, 0.5) is 11.4 Å². The van der Waals surface area contributed by atoms with E-state index in [4.69, 9.17) is 9.47 Å². The first-order chi connectivity index (χ1) is 15.8. The van der Waals surface area contributed by atoms with Gasteiger partial charge in [-0.25, -0.2) is 8.42 Å². The minimum atomic E-state index is -3.54. The molecule has 2 aromatic carbocycles. The molecular formula is C22H25N3O7S. The van der Waals surface area contributed by atoms with E-state index < -0.39 is 14.9 Å². The summed E-state index contributed by atoms with van der Waals surface area (Å²) in [5, 5.41) is 11.0. The average molecular weight is 476 g/mol. The number of anilines is 1. The topological polar surface area (TPSA) is 119 Å². The number of hydrogen-bond donors (Lipinski definition) is 0. The number of amides is 1. The van der Waals surface area contributed by atoms with E-state index >= 15 is 0 Å². The fourth-order valence-electron chi connectivity index (χ4n) is 4.18. The molecule has 2 aliphatic heterocycles. The van der Waals surface area contributed by atoms with E-state index in [0.29, 0.717) is 38.2 Å². The minimum absolute atomic E-state index is 0.101. The van der Waals surface area contributed by atoms with Crippen LogP contribution >= 0.6 is 0 Å². The number of carbonyl (C=O) groups is 1. The van der Waals surface area contributed by atoms with Crippen molar-refractivity contribution in [1.82, 2.24) is 4.31 Å². The third-order valence-electron chi connectivity index (χ3n) is 5.88.